The molecule has 2 aromatic heterocycles. The van der Waals surface area contributed by atoms with Gasteiger partial charge in [0.25, 0.3) is 0 Å². The van der Waals surface area contributed by atoms with E-state index in [-0.39, 0.29) is 6.85 Å². The highest BCUT2D eigenvalue weighted by molar-refractivity contribution is 7.20. The smallest absolute Gasteiger partial charge is 0.328 e. The Balaban J connectivity index is 0.968. The van der Waals surface area contributed by atoms with Crippen molar-refractivity contribution in [2.24, 2.45) is 0 Å². The summed E-state index contributed by atoms with van der Waals surface area (Å²) in [6.45, 7) is -0.00843. The van der Waals surface area contributed by atoms with Crippen LogP contribution in [0.4, 0.5) is 11.4 Å². The van der Waals surface area contributed by atoms with Crippen molar-refractivity contribution in [3.05, 3.63) is 279 Å². The highest BCUT2D eigenvalue weighted by atomic mass is 28.3. The van der Waals surface area contributed by atoms with Crippen molar-refractivity contribution in [1.82, 2.24) is 9.13 Å². The van der Waals surface area contributed by atoms with Gasteiger partial charge in [0.05, 0.1) is 22.1 Å². The van der Waals surface area contributed by atoms with Crippen molar-refractivity contribution in [3.63, 3.8) is 0 Å². The van der Waals surface area contributed by atoms with Crippen molar-refractivity contribution >= 4 is 102 Å². The van der Waals surface area contributed by atoms with E-state index in [9.17, 15) is 0 Å². The van der Waals surface area contributed by atoms with Crippen LogP contribution in [-0.2, 0) is 0 Å². The topological polar surface area (TPSA) is 13.1 Å². The first-order chi connectivity index (χ1) is 35.3. The minimum atomic E-state index is -2.80. The minimum Gasteiger partial charge on any atom is -0.376 e. The predicted octanol–water partition coefficient (Wildman–Crippen LogP) is 12.2. The van der Waals surface area contributed by atoms with Crippen molar-refractivity contribution in [1.29, 1.82) is 0 Å². The minimum absolute atomic E-state index is 0.00843. The standard InChI is InChI=1S/C66H46BN3Si/c1-5-22-47(23-6-1)67-61-36-17-13-32-55(61)56-33-16-20-39-65(56)70(67)50-25-21-24-48(44-50)68-63-38-19-15-35-58(63)60-45-49(40-43-64(60)68)69-62-37-18-14-34-57(62)59-42-41-54(46-66(59)69)71(51-26-7-2-8-27-51,52-28-9-3-10-29-52)53-30-11-4-12-31-53/h1-46H. The number of hydrogen-bond donors (Lipinski definition) is 0. The van der Waals surface area contributed by atoms with E-state index in [2.05, 4.69) is 293 Å². The zero-order chi connectivity index (χ0) is 46.9. The van der Waals surface area contributed by atoms with E-state index in [4.69, 9.17) is 0 Å². The Morgan fingerprint density at radius 2 is 0.775 bits per heavy atom. The van der Waals surface area contributed by atoms with Crippen molar-refractivity contribution in [3.8, 4) is 22.5 Å². The molecule has 0 bridgehead atoms. The summed E-state index contributed by atoms with van der Waals surface area (Å²) in [5, 5.41) is 10.4. The van der Waals surface area contributed by atoms with Crippen LogP contribution in [0.15, 0.2) is 279 Å². The fourth-order valence-electron chi connectivity index (χ4n) is 12.1. The second-order valence-electron chi connectivity index (χ2n) is 18.8. The van der Waals surface area contributed by atoms with E-state index in [1.807, 2.05) is 0 Å². The molecule has 3 nitrogen and oxygen atoms in total. The lowest BCUT2D eigenvalue weighted by Crippen LogP contribution is -2.74. The van der Waals surface area contributed by atoms with Crippen LogP contribution in [0.2, 0.25) is 0 Å². The van der Waals surface area contributed by atoms with Gasteiger partial charge in [-0.05, 0) is 92.4 Å². The Hall–Kier alpha value is -8.90. The normalized spacial score (nSPS) is 12.5. The molecule has 332 valence electrons. The molecule has 13 aromatic rings. The highest BCUT2D eigenvalue weighted by Crippen LogP contribution is 2.42. The molecule has 0 radical (unpaired) electrons. The summed E-state index contributed by atoms with van der Waals surface area (Å²) in [6, 6.07) is 104. The molecule has 1 aliphatic rings. The zero-order valence-corrected chi connectivity index (χ0v) is 40.0. The van der Waals surface area contributed by atoms with E-state index in [1.54, 1.807) is 0 Å². The first kappa shape index (κ1) is 41.1. The molecule has 0 atom stereocenters. The summed E-state index contributed by atoms with van der Waals surface area (Å²) in [7, 11) is -2.80. The van der Waals surface area contributed by atoms with E-state index in [0.29, 0.717) is 0 Å². The van der Waals surface area contributed by atoms with Crippen molar-refractivity contribution in [2.75, 3.05) is 4.81 Å². The van der Waals surface area contributed by atoms with Crippen LogP contribution in [0.3, 0.4) is 0 Å². The maximum absolute atomic E-state index is 2.80. The van der Waals surface area contributed by atoms with Crippen molar-refractivity contribution < 1.29 is 0 Å². The van der Waals surface area contributed by atoms with Gasteiger partial charge in [0, 0.05) is 49.9 Å². The molecule has 0 N–H and O–H groups in total. The van der Waals surface area contributed by atoms with Crippen molar-refractivity contribution in [2.45, 2.75) is 0 Å². The third kappa shape index (κ3) is 6.37. The number of benzene rings is 11. The van der Waals surface area contributed by atoms with E-state index in [0.717, 1.165) is 17.1 Å². The first-order valence-electron chi connectivity index (χ1n) is 24.6. The number of hydrogen-bond acceptors (Lipinski definition) is 1. The Morgan fingerprint density at radius 3 is 1.45 bits per heavy atom. The van der Waals surface area contributed by atoms with Gasteiger partial charge < -0.3 is 13.9 Å². The lowest BCUT2D eigenvalue weighted by Gasteiger charge is -2.39. The summed E-state index contributed by atoms with van der Waals surface area (Å²) < 4.78 is 4.97. The molecule has 0 saturated carbocycles. The molecule has 1 aliphatic heterocycles. The Kier molecular flexibility index (Phi) is 9.65. The fourth-order valence-corrected chi connectivity index (χ4v) is 16.9. The van der Waals surface area contributed by atoms with E-state index < -0.39 is 8.07 Å². The Labute approximate surface area is 414 Å². The van der Waals surface area contributed by atoms with Gasteiger partial charge in [0.1, 0.15) is 0 Å². The fraction of sp³-hybridized carbons (Fsp3) is 0. The van der Waals surface area contributed by atoms with Crippen LogP contribution >= 0.6 is 0 Å². The summed E-state index contributed by atoms with van der Waals surface area (Å²) in [6.07, 6.45) is 0. The van der Waals surface area contributed by atoms with Crippen LogP contribution < -0.4 is 36.5 Å². The number of nitrogens with zero attached hydrogens (tertiary/aromatic N) is 3. The predicted molar refractivity (Wildman–Crippen MR) is 304 cm³/mol. The number of anilines is 2. The third-order valence-corrected chi connectivity index (χ3v) is 19.9. The van der Waals surface area contributed by atoms with Crippen LogP contribution in [0.25, 0.3) is 66.1 Å². The van der Waals surface area contributed by atoms with Gasteiger partial charge in [-0.25, -0.2) is 0 Å². The maximum atomic E-state index is 2.55. The molecule has 0 saturated heterocycles. The van der Waals surface area contributed by atoms with Gasteiger partial charge in [-0.1, -0.05) is 224 Å². The number of aromatic nitrogens is 2. The monoisotopic (exact) mass is 919 g/mol. The molecule has 71 heavy (non-hydrogen) atoms. The Bertz CT molecular complexity index is 4030. The molecule has 0 spiro atoms. The first-order valence-corrected chi connectivity index (χ1v) is 26.6. The van der Waals surface area contributed by atoms with Crippen LogP contribution in [0.1, 0.15) is 0 Å². The average Bonchev–Trinajstić information content (AvgIpc) is 3.96. The summed E-state index contributed by atoms with van der Waals surface area (Å²) in [5.74, 6) is 0. The largest absolute Gasteiger partial charge is 0.376 e. The van der Waals surface area contributed by atoms with E-state index >= 15 is 0 Å². The average molecular weight is 920 g/mol. The zero-order valence-electron chi connectivity index (χ0n) is 39.0. The maximum Gasteiger partial charge on any atom is 0.328 e. The molecule has 11 aromatic carbocycles. The molecular formula is C66H46BN3Si. The highest BCUT2D eigenvalue weighted by Gasteiger charge is 2.42. The van der Waals surface area contributed by atoms with Gasteiger partial charge >= 0.3 is 6.85 Å². The number of rotatable bonds is 8. The van der Waals surface area contributed by atoms with E-state index in [1.165, 1.54) is 92.1 Å². The molecule has 5 heteroatoms. The molecular weight excluding hydrogens is 874 g/mol. The summed E-state index contributed by atoms with van der Waals surface area (Å²) >= 11 is 0. The number of fused-ring (bicyclic) bond motifs is 9. The van der Waals surface area contributed by atoms with Gasteiger partial charge in [0.2, 0.25) is 0 Å². The molecule has 14 rings (SSSR count). The summed E-state index contributed by atoms with van der Waals surface area (Å²) in [5.41, 5.74) is 14.4. The third-order valence-electron chi connectivity index (χ3n) is 15.1. The van der Waals surface area contributed by atoms with Gasteiger partial charge in [0.15, 0.2) is 8.07 Å². The second kappa shape index (κ2) is 16.7. The summed E-state index contributed by atoms with van der Waals surface area (Å²) in [4.78, 5) is 2.55. The molecule has 0 aliphatic carbocycles. The molecule has 0 amide bonds. The van der Waals surface area contributed by atoms with Crippen LogP contribution in [0.5, 0.6) is 0 Å². The number of para-hydroxylation sites is 3. The van der Waals surface area contributed by atoms with Gasteiger partial charge in [-0.15, -0.1) is 0 Å². The van der Waals surface area contributed by atoms with Gasteiger partial charge in [-0.2, -0.15) is 0 Å². The van der Waals surface area contributed by atoms with Crippen LogP contribution in [0, 0.1) is 0 Å². The Morgan fingerprint density at radius 1 is 0.282 bits per heavy atom. The van der Waals surface area contributed by atoms with Crippen LogP contribution in [-0.4, -0.2) is 24.1 Å². The lowest BCUT2D eigenvalue weighted by molar-refractivity contribution is 1.16. The molecule has 0 unspecified atom stereocenters. The quantitative estimate of drug-likeness (QED) is 0.109. The lowest BCUT2D eigenvalue weighted by atomic mass is 9.46. The SMILES string of the molecule is c1ccc(B2c3ccccc3-c3ccccc3N2c2cccc(-n3c4ccccc4c4cc(-n5c6ccccc6c6ccc([Si](c7ccccc7)(c7ccccc7)c7ccccc7)cc65)ccc43)c2)cc1. The molecule has 0 fully saturated rings. The second-order valence-corrected chi connectivity index (χ2v) is 22.6. The van der Waals surface area contributed by atoms with Gasteiger partial charge in [-0.3, -0.25) is 0 Å². The molecule has 3 heterocycles.